The minimum absolute atomic E-state index is 0.00215. The van der Waals surface area contributed by atoms with E-state index in [1.165, 1.54) is 16.7 Å². The average Bonchev–Trinajstić information content (AvgIpc) is 0.811. The molecule has 115 heavy (non-hydrogen) atoms. The standard InChI is InChI=1S/C28H32BrNO2.C28H34BrNO.C22H18BrClO2.C22H19BrO3/c1-20(2)30(21(3)4)28(31)18-25(23-13-9-6-10-14-23)26-17-24(29)15-16-27(26)32-19-22-11-7-5-8-12-22;1-21(2)30(22(3)4)18-17-26(24-13-9-6-10-14-24)27-19-25(29)15-16-28(27)31-20-23-11-7-5-8-12-23;2*23-18-11-12-21(26-15-16-7-3-1-4-8-16)20(13-18)19(14-22(24)25)17-9-5-2-6-10-17/h5-17,20-21,25H,18-19H2,1-4H3;5-16,19,21-22,26H,17-18,20H2,1-4H3;1-13,19H,14-15H2;1-13,19H,14-15H2,(H,24,25). The van der Waals surface area contributed by atoms with Gasteiger partial charge in [0.15, 0.2) is 0 Å². The number of rotatable bonds is 33. The van der Waals surface area contributed by atoms with Gasteiger partial charge in [-0.15, -0.1) is 0 Å². The molecule has 4 unspecified atom stereocenters. The summed E-state index contributed by atoms with van der Waals surface area (Å²) >= 11 is 20.1. The fourth-order valence-corrected chi connectivity index (χ4v) is 15.9. The van der Waals surface area contributed by atoms with E-state index in [4.69, 9.17) is 30.5 Å². The van der Waals surface area contributed by atoms with Crippen LogP contribution in [0.2, 0.25) is 0 Å². The molecule has 1 amide bonds. The quantitative estimate of drug-likeness (QED) is 0.0402. The molecule has 10 nitrogen and oxygen atoms in total. The molecule has 15 heteroatoms. The van der Waals surface area contributed by atoms with Gasteiger partial charge in [0.1, 0.15) is 49.4 Å². The molecule has 12 aromatic rings. The Balaban J connectivity index is 0.000000176. The third kappa shape index (κ3) is 28.8. The van der Waals surface area contributed by atoms with E-state index in [1.54, 1.807) is 0 Å². The van der Waals surface area contributed by atoms with Crippen LogP contribution < -0.4 is 18.9 Å². The highest BCUT2D eigenvalue weighted by Gasteiger charge is 2.30. The molecule has 12 aromatic carbocycles. The van der Waals surface area contributed by atoms with Crippen molar-refractivity contribution in [2.75, 3.05) is 6.54 Å². The van der Waals surface area contributed by atoms with E-state index in [0.717, 1.165) is 98.2 Å². The lowest BCUT2D eigenvalue weighted by Crippen LogP contribution is -2.42. The summed E-state index contributed by atoms with van der Waals surface area (Å²) in [7, 11) is 0. The maximum Gasteiger partial charge on any atom is 0.304 e. The minimum Gasteiger partial charge on any atom is -0.489 e. The van der Waals surface area contributed by atoms with Crippen LogP contribution in [-0.2, 0) is 40.8 Å². The number of carboxylic acids is 1. The zero-order valence-corrected chi connectivity index (χ0v) is 73.7. The molecule has 0 radical (unpaired) electrons. The van der Waals surface area contributed by atoms with Crippen LogP contribution in [0.1, 0.15) is 172 Å². The summed E-state index contributed by atoms with van der Waals surface area (Å²) in [5.74, 6) is 2.25. The SMILES string of the molecule is CC(C)N(C(=O)CC(c1ccccc1)c1cc(Br)ccc1OCc1ccccc1)C(C)C.CC(C)N(CCC(c1ccccc1)c1cc(Br)ccc1OCc1ccccc1)C(C)C.O=C(Cl)CC(c1ccccc1)c1cc(Br)ccc1OCc1ccccc1.O=C(O)CC(c1ccccc1)c1cc(Br)ccc1OCc1ccccc1. The molecule has 4 atom stereocenters. The van der Waals surface area contributed by atoms with Gasteiger partial charge in [0.25, 0.3) is 0 Å². The van der Waals surface area contributed by atoms with Gasteiger partial charge in [-0.1, -0.05) is 306 Å². The van der Waals surface area contributed by atoms with Crippen molar-refractivity contribution in [1.29, 1.82) is 0 Å². The van der Waals surface area contributed by atoms with Crippen molar-refractivity contribution < 1.29 is 38.4 Å². The first-order chi connectivity index (χ1) is 55.6. The summed E-state index contributed by atoms with van der Waals surface area (Å²) in [5, 5.41) is 9.05. The molecule has 0 aliphatic heterocycles. The predicted octanol–water partition coefficient (Wildman–Crippen LogP) is 26.8. The van der Waals surface area contributed by atoms with Gasteiger partial charge in [-0.3, -0.25) is 19.3 Å². The molecule has 0 spiro atoms. The van der Waals surface area contributed by atoms with Crippen LogP contribution in [0.25, 0.3) is 0 Å². The lowest BCUT2D eigenvalue weighted by Gasteiger charge is -2.32. The molecule has 12 rings (SSSR count). The summed E-state index contributed by atoms with van der Waals surface area (Å²) < 4.78 is 28.6. The van der Waals surface area contributed by atoms with Crippen molar-refractivity contribution in [1.82, 2.24) is 9.80 Å². The number of aliphatic carboxylic acids is 1. The molecule has 0 fully saturated rings. The number of hydrogen-bond acceptors (Lipinski definition) is 8. The summed E-state index contributed by atoms with van der Waals surface area (Å²) in [6, 6.07) is 106. The Hall–Kier alpha value is -9.38. The van der Waals surface area contributed by atoms with E-state index in [-0.39, 0.29) is 59.7 Å². The predicted molar refractivity (Wildman–Crippen MR) is 484 cm³/mol. The smallest absolute Gasteiger partial charge is 0.304 e. The van der Waals surface area contributed by atoms with Gasteiger partial charge in [0, 0.05) is 101 Å². The maximum absolute atomic E-state index is 13.4. The molecular formula is C100H103Br4ClN2O8. The first-order valence-corrected chi connectivity index (χ1v) is 42.6. The Morgan fingerprint density at radius 2 is 0.565 bits per heavy atom. The highest BCUT2D eigenvalue weighted by atomic mass is 79.9. The van der Waals surface area contributed by atoms with Gasteiger partial charge in [0.2, 0.25) is 11.1 Å². The Morgan fingerprint density at radius 3 is 0.817 bits per heavy atom. The minimum atomic E-state index is -0.840. The Kier molecular flexibility index (Phi) is 36.6. The average molecular weight is 1820 g/mol. The van der Waals surface area contributed by atoms with E-state index >= 15 is 0 Å². The Labute approximate surface area is 719 Å². The first-order valence-electron chi connectivity index (χ1n) is 39.1. The summed E-state index contributed by atoms with van der Waals surface area (Å²) in [4.78, 5) is 41.1. The first kappa shape index (κ1) is 89.6. The van der Waals surface area contributed by atoms with Gasteiger partial charge in [0.05, 0.1) is 6.42 Å². The molecule has 0 aromatic heterocycles. The van der Waals surface area contributed by atoms with Crippen molar-refractivity contribution in [2.24, 2.45) is 0 Å². The molecule has 596 valence electrons. The van der Waals surface area contributed by atoms with Gasteiger partial charge in [-0.2, -0.15) is 0 Å². The van der Waals surface area contributed by atoms with Crippen LogP contribution in [0.15, 0.2) is 333 Å². The number of hydrogen-bond donors (Lipinski definition) is 1. The number of amides is 1. The number of nitrogens with zero attached hydrogens (tertiary/aromatic N) is 2. The van der Waals surface area contributed by atoms with E-state index in [0.29, 0.717) is 50.7 Å². The van der Waals surface area contributed by atoms with Gasteiger partial charge >= 0.3 is 5.97 Å². The van der Waals surface area contributed by atoms with Gasteiger partial charge < -0.3 is 29.0 Å². The third-order valence-corrected chi connectivity index (χ3v) is 21.8. The summed E-state index contributed by atoms with van der Waals surface area (Å²) in [5.41, 5.74) is 12.9. The topological polar surface area (TPSA) is 115 Å². The van der Waals surface area contributed by atoms with Crippen molar-refractivity contribution >= 4 is 92.4 Å². The number of halogens is 5. The van der Waals surface area contributed by atoms with Crippen LogP contribution in [-0.4, -0.2) is 62.7 Å². The fourth-order valence-electron chi connectivity index (χ4n) is 14.3. The molecule has 0 saturated heterocycles. The van der Waals surface area contributed by atoms with Crippen LogP contribution in [0.4, 0.5) is 0 Å². The monoisotopic (exact) mass is 1810 g/mol. The highest BCUT2D eigenvalue weighted by molar-refractivity contribution is 9.11. The number of benzene rings is 12. The number of carboxylic acid groups (broad SMARTS) is 1. The second-order valence-corrected chi connectivity index (χ2v) is 33.3. The van der Waals surface area contributed by atoms with Gasteiger partial charge in [-0.25, -0.2) is 0 Å². The van der Waals surface area contributed by atoms with E-state index < -0.39 is 5.97 Å². The molecular weight excluding hydrogens is 1710 g/mol. The van der Waals surface area contributed by atoms with Crippen molar-refractivity contribution in [3.63, 3.8) is 0 Å². The second kappa shape index (κ2) is 47.0. The highest BCUT2D eigenvalue weighted by Crippen LogP contribution is 2.42. The van der Waals surface area contributed by atoms with Gasteiger partial charge in [-0.05, 0) is 197 Å². The lowest BCUT2D eigenvalue weighted by molar-refractivity contribution is -0.137. The molecule has 0 aliphatic rings. The van der Waals surface area contributed by atoms with Crippen molar-refractivity contribution in [3.05, 3.63) is 400 Å². The molecule has 0 saturated carbocycles. The Morgan fingerprint density at radius 1 is 0.322 bits per heavy atom. The van der Waals surface area contributed by atoms with Crippen molar-refractivity contribution in [2.45, 2.75) is 155 Å². The largest absolute Gasteiger partial charge is 0.489 e. The molecule has 0 heterocycles. The van der Waals surface area contributed by atoms with E-state index in [1.807, 2.05) is 217 Å². The van der Waals surface area contributed by atoms with Crippen LogP contribution in [0.3, 0.4) is 0 Å². The molecule has 0 aliphatic carbocycles. The molecule has 0 bridgehead atoms. The van der Waals surface area contributed by atoms with E-state index in [2.05, 4.69) is 227 Å². The zero-order chi connectivity index (χ0) is 82.0. The zero-order valence-electron chi connectivity index (χ0n) is 66.6. The van der Waals surface area contributed by atoms with Crippen LogP contribution in [0.5, 0.6) is 23.0 Å². The van der Waals surface area contributed by atoms with Crippen LogP contribution in [0, 0.1) is 0 Å². The second-order valence-electron chi connectivity index (χ2n) is 29.2. The summed E-state index contributed by atoms with van der Waals surface area (Å²) in [6.45, 7) is 20.4. The lowest BCUT2D eigenvalue weighted by atomic mass is 9.87. The Bertz CT molecular complexity index is 4740. The fraction of sp³-hybridized carbons (Fsp3) is 0.250. The number of carbonyl (C=O) groups excluding carboxylic acids is 2. The number of carbonyl (C=O) groups is 3. The van der Waals surface area contributed by atoms with E-state index in [9.17, 15) is 19.5 Å². The summed E-state index contributed by atoms with van der Waals surface area (Å²) in [6.07, 6.45) is 1.64. The van der Waals surface area contributed by atoms with Crippen LogP contribution >= 0.6 is 75.3 Å². The number of ether oxygens (including phenoxy) is 4. The maximum atomic E-state index is 13.4. The third-order valence-electron chi connectivity index (χ3n) is 19.7. The molecule has 1 N–H and O–H groups in total. The van der Waals surface area contributed by atoms with Crippen molar-refractivity contribution in [3.8, 4) is 23.0 Å². The normalized spacial score (nSPS) is 12.1.